The van der Waals surface area contributed by atoms with Crippen LogP contribution >= 0.6 is 0 Å². The summed E-state index contributed by atoms with van der Waals surface area (Å²) < 4.78 is 1.51. The minimum atomic E-state index is 0.435. The van der Waals surface area contributed by atoms with Gasteiger partial charge >= 0.3 is 0 Å². The molecule has 110 valence electrons. The number of aromatic nitrogens is 5. The van der Waals surface area contributed by atoms with E-state index < -0.39 is 0 Å². The molecule has 8 nitrogen and oxygen atoms in total. The van der Waals surface area contributed by atoms with Crippen molar-refractivity contribution < 1.29 is 0 Å². The van der Waals surface area contributed by atoms with Crippen LogP contribution < -0.4 is 16.8 Å². The number of fused-ring (bicyclic) bond motifs is 2. The van der Waals surface area contributed by atoms with Gasteiger partial charge in [0.15, 0.2) is 11.5 Å². The van der Waals surface area contributed by atoms with E-state index in [2.05, 4.69) is 25.4 Å². The number of imidazole rings is 2. The predicted octanol–water partition coefficient (Wildman–Crippen LogP) is 1.82. The highest BCUT2D eigenvalue weighted by Gasteiger charge is 2.08. The van der Waals surface area contributed by atoms with E-state index in [0.29, 0.717) is 23.0 Å². The molecule has 4 rings (SSSR count). The number of nitrogens with one attached hydrogen (secondary N) is 2. The van der Waals surface area contributed by atoms with Crippen LogP contribution in [0.4, 0.5) is 23.0 Å². The van der Waals surface area contributed by atoms with Crippen molar-refractivity contribution in [3.05, 3.63) is 36.3 Å². The fourth-order valence-corrected chi connectivity index (χ4v) is 2.43. The average Bonchev–Trinajstić information content (AvgIpc) is 3.02. The Bertz CT molecular complexity index is 997. The molecule has 4 aromatic rings. The lowest BCUT2D eigenvalue weighted by molar-refractivity contribution is 0.954. The highest BCUT2D eigenvalue weighted by molar-refractivity contribution is 5.81. The average molecular weight is 294 g/mol. The number of benzene rings is 1. The zero-order chi connectivity index (χ0) is 15.3. The van der Waals surface area contributed by atoms with Crippen LogP contribution in [0.1, 0.15) is 5.82 Å². The van der Waals surface area contributed by atoms with Gasteiger partial charge in [-0.2, -0.15) is 4.52 Å². The van der Waals surface area contributed by atoms with Gasteiger partial charge in [0.05, 0.1) is 22.9 Å². The minimum Gasteiger partial charge on any atom is -0.396 e. The van der Waals surface area contributed by atoms with Crippen molar-refractivity contribution in [3.8, 4) is 0 Å². The lowest BCUT2D eigenvalue weighted by atomic mass is 10.2. The molecule has 0 fully saturated rings. The van der Waals surface area contributed by atoms with Gasteiger partial charge in [-0.1, -0.05) is 0 Å². The molecule has 0 unspecified atom stereocenters. The number of hydrogen-bond acceptors (Lipinski definition) is 6. The number of H-pyrrole nitrogens is 1. The number of nitrogens with two attached hydrogens (primary N) is 2. The van der Waals surface area contributed by atoms with E-state index >= 15 is 0 Å². The Balaban J connectivity index is 1.76. The summed E-state index contributed by atoms with van der Waals surface area (Å²) in [6.07, 6.45) is 1.53. The van der Waals surface area contributed by atoms with Gasteiger partial charge in [0, 0.05) is 11.8 Å². The van der Waals surface area contributed by atoms with Crippen molar-refractivity contribution in [2.24, 2.45) is 0 Å². The number of aryl methyl sites for hydroxylation is 1. The van der Waals surface area contributed by atoms with Crippen molar-refractivity contribution in [2.45, 2.75) is 6.92 Å². The molecule has 8 heteroatoms. The maximum atomic E-state index is 5.98. The van der Waals surface area contributed by atoms with E-state index in [1.807, 2.05) is 25.1 Å². The van der Waals surface area contributed by atoms with E-state index in [1.165, 1.54) is 10.7 Å². The van der Waals surface area contributed by atoms with E-state index in [-0.39, 0.29) is 0 Å². The number of nitrogen functional groups attached to an aromatic ring is 2. The zero-order valence-corrected chi connectivity index (χ0v) is 11.8. The summed E-state index contributed by atoms with van der Waals surface area (Å²) >= 11 is 0. The molecule has 0 atom stereocenters. The van der Waals surface area contributed by atoms with Gasteiger partial charge in [-0.25, -0.2) is 9.97 Å². The summed E-state index contributed by atoms with van der Waals surface area (Å²) in [6.45, 7) is 1.92. The second-order valence-electron chi connectivity index (χ2n) is 5.08. The van der Waals surface area contributed by atoms with E-state index in [4.69, 9.17) is 11.5 Å². The molecule has 0 saturated heterocycles. The van der Waals surface area contributed by atoms with E-state index in [0.717, 1.165) is 22.5 Å². The second kappa shape index (κ2) is 4.35. The van der Waals surface area contributed by atoms with Crippen molar-refractivity contribution in [1.29, 1.82) is 0 Å². The Labute approximate surface area is 125 Å². The number of aromatic amines is 1. The Hall–Kier alpha value is -3.29. The standard InChI is InChI=1S/C14H14N8/c1-7-18-10-3-2-8(4-11(10)19-7)20-13-5-9(15)14-17-6-12(16)22(14)21-13/h2-6H,15-16H2,1H3,(H,18,19)(H,20,21). The van der Waals surface area contributed by atoms with E-state index in [9.17, 15) is 0 Å². The lowest BCUT2D eigenvalue weighted by Gasteiger charge is -2.08. The molecule has 0 amide bonds. The van der Waals surface area contributed by atoms with Crippen LogP contribution in [0.25, 0.3) is 16.7 Å². The monoisotopic (exact) mass is 294 g/mol. The van der Waals surface area contributed by atoms with Crippen LogP contribution in [0.15, 0.2) is 30.5 Å². The summed E-state index contributed by atoms with van der Waals surface area (Å²) in [5.41, 5.74) is 15.6. The third-order valence-corrected chi connectivity index (χ3v) is 3.40. The van der Waals surface area contributed by atoms with Gasteiger partial charge in [0.2, 0.25) is 0 Å². The van der Waals surface area contributed by atoms with Crippen LogP contribution in [0.2, 0.25) is 0 Å². The van der Waals surface area contributed by atoms with Gasteiger partial charge in [-0.3, -0.25) is 0 Å². The smallest absolute Gasteiger partial charge is 0.179 e. The van der Waals surface area contributed by atoms with E-state index in [1.54, 1.807) is 6.07 Å². The first-order valence-corrected chi connectivity index (χ1v) is 6.73. The molecule has 0 bridgehead atoms. The highest BCUT2D eigenvalue weighted by Crippen LogP contribution is 2.23. The minimum absolute atomic E-state index is 0.435. The van der Waals surface area contributed by atoms with Crippen molar-refractivity contribution in [3.63, 3.8) is 0 Å². The predicted molar refractivity (Wildman–Crippen MR) is 85.9 cm³/mol. The Kier molecular flexibility index (Phi) is 2.46. The summed E-state index contributed by atoms with van der Waals surface area (Å²) in [5.74, 6) is 1.90. The molecule has 0 aliphatic heterocycles. The van der Waals surface area contributed by atoms with Gasteiger partial charge in [-0.15, -0.1) is 5.10 Å². The van der Waals surface area contributed by atoms with Crippen LogP contribution in [-0.2, 0) is 0 Å². The quantitative estimate of drug-likeness (QED) is 0.447. The maximum absolute atomic E-state index is 5.98. The molecular formula is C14H14N8. The summed E-state index contributed by atoms with van der Waals surface area (Å²) in [5, 5.41) is 7.60. The van der Waals surface area contributed by atoms with Crippen molar-refractivity contribution in [2.75, 3.05) is 16.8 Å². The molecule has 1 aromatic carbocycles. The number of hydrogen-bond donors (Lipinski definition) is 4. The first-order chi connectivity index (χ1) is 10.6. The molecule has 3 heterocycles. The zero-order valence-electron chi connectivity index (χ0n) is 11.8. The van der Waals surface area contributed by atoms with Crippen LogP contribution in [0.3, 0.4) is 0 Å². The van der Waals surface area contributed by atoms with Gasteiger partial charge in [0.1, 0.15) is 11.6 Å². The molecule has 22 heavy (non-hydrogen) atoms. The largest absolute Gasteiger partial charge is 0.396 e. The number of rotatable bonds is 2. The fourth-order valence-electron chi connectivity index (χ4n) is 2.43. The third-order valence-electron chi connectivity index (χ3n) is 3.40. The van der Waals surface area contributed by atoms with Crippen molar-refractivity contribution in [1.82, 2.24) is 24.6 Å². The number of anilines is 4. The summed E-state index contributed by atoms with van der Waals surface area (Å²) in [7, 11) is 0. The molecule has 0 saturated carbocycles. The third kappa shape index (κ3) is 1.89. The molecule has 6 N–H and O–H groups in total. The SMILES string of the molecule is Cc1nc2ccc(Nc3cc(N)c4ncc(N)n4n3)cc2[nH]1. The molecule has 0 aliphatic rings. The molecular weight excluding hydrogens is 280 g/mol. The van der Waals surface area contributed by atoms with Crippen LogP contribution in [-0.4, -0.2) is 24.6 Å². The van der Waals surface area contributed by atoms with Crippen LogP contribution in [0.5, 0.6) is 0 Å². The molecule has 3 aromatic heterocycles. The summed E-state index contributed by atoms with van der Waals surface area (Å²) in [6, 6.07) is 7.56. The van der Waals surface area contributed by atoms with Gasteiger partial charge in [-0.05, 0) is 25.1 Å². The highest BCUT2D eigenvalue weighted by atomic mass is 15.3. The normalized spacial score (nSPS) is 11.3. The molecule has 0 aliphatic carbocycles. The first-order valence-electron chi connectivity index (χ1n) is 6.73. The topological polar surface area (TPSA) is 123 Å². The fraction of sp³-hybridized carbons (Fsp3) is 0.0714. The lowest BCUT2D eigenvalue weighted by Crippen LogP contribution is -2.04. The summed E-state index contributed by atoms with van der Waals surface area (Å²) in [4.78, 5) is 11.7. The Morgan fingerprint density at radius 3 is 2.95 bits per heavy atom. The van der Waals surface area contributed by atoms with Crippen molar-refractivity contribution >= 4 is 39.7 Å². The second-order valence-corrected chi connectivity index (χ2v) is 5.08. The van der Waals surface area contributed by atoms with Crippen LogP contribution in [0, 0.1) is 6.92 Å². The number of nitrogens with zero attached hydrogens (tertiary/aromatic N) is 4. The Morgan fingerprint density at radius 1 is 1.23 bits per heavy atom. The Morgan fingerprint density at radius 2 is 2.09 bits per heavy atom. The molecule has 0 radical (unpaired) electrons. The van der Waals surface area contributed by atoms with Gasteiger partial charge < -0.3 is 21.8 Å². The molecule has 0 spiro atoms. The first kappa shape index (κ1) is 12.5. The van der Waals surface area contributed by atoms with Gasteiger partial charge in [0.25, 0.3) is 0 Å². The maximum Gasteiger partial charge on any atom is 0.179 e.